The quantitative estimate of drug-likeness (QED) is 0.378. The summed E-state index contributed by atoms with van der Waals surface area (Å²) in [6, 6.07) is 3.45. The fourth-order valence-electron chi connectivity index (χ4n) is 3.68. The van der Waals surface area contributed by atoms with E-state index in [0.717, 1.165) is 12.1 Å². The first-order valence-corrected chi connectivity index (χ1v) is 12.0. The van der Waals surface area contributed by atoms with Crippen LogP contribution in [0.25, 0.3) is 21.6 Å². The van der Waals surface area contributed by atoms with Gasteiger partial charge in [-0.2, -0.15) is 9.97 Å². The number of carbonyl (C=O) groups is 1. The summed E-state index contributed by atoms with van der Waals surface area (Å²) in [5.74, 6) is 0.539. The molecule has 0 saturated carbocycles. The van der Waals surface area contributed by atoms with Crippen LogP contribution < -0.4 is 14.8 Å². The van der Waals surface area contributed by atoms with Gasteiger partial charge in [0.15, 0.2) is 15.6 Å². The van der Waals surface area contributed by atoms with Crippen molar-refractivity contribution in [2.24, 2.45) is 0 Å². The predicted octanol–water partition coefficient (Wildman–Crippen LogP) is 4.24. The second kappa shape index (κ2) is 9.68. The van der Waals surface area contributed by atoms with Crippen molar-refractivity contribution in [3.8, 4) is 22.8 Å². The number of hydrogen-bond acceptors (Lipinski definition) is 10. The number of nitrogens with one attached hydrogen (secondary N) is 1. The molecule has 1 aliphatic rings. The maximum absolute atomic E-state index is 13.3. The third kappa shape index (κ3) is 4.88. The lowest BCUT2D eigenvalue weighted by atomic mass is 10.0. The number of rotatable bonds is 6. The SMILES string of the molecule is COc1cnc(Cl)cc1-c1cc(C)ncc1C(=O)Nc1nc2nc(C)c(OC3CCOC3)nc2s1. The van der Waals surface area contributed by atoms with E-state index in [9.17, 15) is 4.79 Å². The number of aryl methyl sites for hydroxylation is 2. The van der Waals surface area contributed by atoms with Gasteiger partial charge in [0.05, 0.1) is 32.1 Å². The van der Waals surface area contributed by atoms with Crippen molar-refractivity contribution in [1.29, 1.82) is 0 Å². The van der Waals surface area contributed by atoms with Crippen LogP contribution in [0.5, 0.6) is 11.6 Å². The van der Waals surface area contributed by atoms with Crippen molar-refractivity contribution in [2.75, 3.05) is 25.6 Å². The van der Waals surface area contributed by atoms with E-state index >= 15 is 0 Å². The Labute approximate surface area is 209 Å². The summed E-state index contributed by atoms with van der Waals surface area (Å²) in [4.78, 5) is 35.7. The molecular formula is C23H21ClN6O4S. The van der Waals surface area contributed by atoms with Crippen LogP contribution in [-0.2, 0) is 4.74 Å². The molecule has 0 spiro atoms. The van der Waals surface area contributed by atoms with Crippen LogP contribution in [0.1, 0.15) is 28.2 Å². The number of aromatic nitrogens is 5. The monoisotopic (exact) mass is 512 g/mol. The normalized spacial score (nSPS) is 15.4. The van der Waals surface area contributed by atoms with E-state index < -0.39 is 5.91 Å². The van der Waals surface area contributed by atoms with E-state index in [1.54, 1.807) is 12.1 Å². The zero-order valence-corrected chi connectivity index (χ0v) is 20.7. The molecule has 1 atom stereocenters. The van der Waals surface area contributed by atoms with Crippen molar-refractivity contribution >= 4 is 44.5 Å². The lowest BCUT2D eigenvalue weighted by Crippen LogP contribution is -2.17. The van der Waals surface area contributed by atoms with Crippen LogP contribution in [-0.4, -0.2) is 57.3 Å². The molecular weight excluding hydrogens is 492 g/mol. The van der Waals surface area contributed by atoms with E-state index in [1.807, 2.05) is 13.8 Å². The van der Waals surface area contributed by atoms with Crippen molar-refractivity contribution in [1.82, 2.24) is 24.9 Å². The maximum Gasteiger partial charge on any atom is 0.259 e. The second-order valence-corrected chi connectivity index (χ2v) is 9.26. The lowest BCUT2D eigenvalue weighted by Gasteiger charge is -2.13. The van der Waals surface area contributed by atoms with E-state index in [4.69, 9.17) is 25.8 Å². The van der Waals surface area contributed by atoms with E-state index in [-0.39, 0.29) is 11.3 Å². The largest absolute Gasteiger partial charge is 0.494 e. The molecule has 1 fully saturated rings. The molecule has 5 rings (SSSR count). The highest BCUT2D eigenvalue weighted by Gasteiger charge is 2.22. The molecule has 1 aliphatic heterocycles. The third-order valence-corrected chi connectivity index (χ3v) is 6.45. The number of nitrogens with zero attached hydrogens (tertiary/aromatic N) is 5. The fourth-order valence-corrected chi connectivity index (χ4v) is 4.60. The molecule has 35 heavy (non-hydrogen) atoms. The highest BCUT2D eigenvalue weighted by molar-refractivity contribution is 7.21. The summed E-state index contributed by atoms with van der Waals surface area (Å²) in [5.41, 5.74) is 3.36. The summed E-state index contributed by atoms with van der Waals surface area (Å²) in [6.45, 7) is 4.85. The van der Waals surface area contributed by atoms with Gasteiger partial charge in [-0.3, -0.25) is 15.1 Å². The minimum absolute atomic E-state index is 0.0429. The van der Waals surface area contributed by atoms with Crippen LogP contribution in [0.4, 0.5) is 5.13 Å². The number of hydrogen-bond donors (Lipinski definition) is 1. The number of anilines is 1. The van der Waals surface area contributed by atoms with Crippen LogP contribution in [0.2, 0.25) is 5.15 Å². The minimum atomic E-state index is -0.391. The summed E-state index contributed by atoms with van der Waals surface area (Å²) >= 11 is 7.34. The molecule has 1 amide bonds. The summed E-state index contributed by atoms with van der Waals surface area (Å²) in [5, 5.41) is 3.48. The van der Waals surface area contributed by atoms with Gasteiger partial charge >= 0.3 is 0 Å². The Morgan fingerprint density at radius 1 is 1.17 bits per heavy atom. The van der Waals surface area contributed by atoms with Gasteiger partial charge in [-0.1, -0.05) is 22.9 Å². The second-order valence-electron chi connectivity index (χ2n) is 7.90. The lowest BCUT2D eigenvalue weighted by molar-refractivity contribution is 0.102. The number of pyridine rings is 2. The van der Waals surface area contributed by atoms with Gasteiger partial charge in [-0.25, -0.2) is 9.97 Å². The molecule has 1 N–H and O–H groups in total. The average molecular weight is 513 g/mol. The zero-order valence-electron chi connectivity index (χ0n) is 19.2. The standard InChI is InChI=1S/C23H21ClN6O4S/c1-11-6-14(15-7-18(24)26-9-17(15)32-3)16(8-25-11)20(31)29-23-28-19-22(35-23)30-21(12(2)27-19)34-13-4-5-33-10-13/h6-9,13H,4-5,10H2,1-3H3,(H,27,28,29,31). The van der Waals surface area contributed by atoms with Crippen molar-refractivity contribution in [3.05, 3.63) is 46.6 Å². The van der Waals surface area contributed by atoms with Crippen LogP contribution in [0.3, 0.4) is 0 Å². The zero-order chi connectivity index (χ0) is 24.5. The first-order valence-electron chi connectivity index (χ1n) is 10.8. The number of halogens is 1. The Kier molecular flexibility index (Phi) is 6.46. The maximum atomic E-state index is 13.3. The number of thiazole rings is 1. The molecule has 4 aromatic heterocycles. The topological polar surface area (TPSA) is 121 Å². The molecule has 180 valence electrons. The molecule has 10 nitrogen and oxygen atoms in total. The molecule has 0 radical (unpaired) electrons. The van der Waals surface area contributed by atoms with Crippen LogP contribution in [0.15, 0.2) is 24.5 Å². The first kappa shape index (κ1) is 23.3. The Morgan fingerprint density at radius 2 is 2.03 bits per heavy atom. The number of carbonyl (C=O) groups excluding carboxylic acids is 1. The van der Waals surface area contributed by atoms with Gasteiger partial charge in [0.25, 0.3) is 5.91 Å². The Bertz CT molecular complexity index is 1420. The molecule has 1 saturated heterocycles. The third-order valence-electron chi connectivity index (χ3n) is 5.39. The van der Waals surface area contributed by atoms with E-state index in [2.05, 4.69) is 30.2 Å². The molecule has 0 bridgehead atoms. The molecule has 4 aromatic rings. The average Bonchev–Trinajstić information content (AvgIpc) is 3.48. The van der Waals surface area contributed by atoms with E-state index in [0.29, 0.717) is 62.8 Å². The summed E-state index contributed by atoms with van der Waals surface area (Å²) < 4.78 is 16.7. The van der Waals surface area contributed by atoms with Gasteiger partial charge in [-0.05, 0) is 26.0 Å². The number of fused-ring (bicyclic) bond motifs is 1. The van der Waals surface area contributed by atoms with Gasteiger partial charge in [0.2, 0.25) is 5.88 Å². The fraction of sp³-hybridized carbons (Fsp3) is 0.304. The van der Waals surface area contributed by atoms with Gasteiger partial charge in [-0.15, -0.1) is 0 Å². The Hall–Kier alpha value is -3.41. The van der Waals surface area contributed by atoms with E-state index in [1.165, 1.54) is 30.8 Å². The Balaban J connectivity index is 1.45. The summed E-state index contributed by atoms with van der Waals surface area (Å²) in [7, 11) is 1.53. The molecule has 0 aromatic carbocycles. The number of ether oxygens (including phenoxy) is 3. The molecule has 12 heteroatoms. The highest BCUT2D eigenvalue weighted by atomic mass is 35.5. The van der Waals surface area contributed by atoms with Crippen molar-refractivity contribution < 1.29 is 19.0 Å². The van der Waals surface area contributed by atoms with Crippen LogP contribution >= 0.6 is 22.9 Å². The predicted molar refractivity (Wildman–Crippen MR) is 132 cm³/mol. The number of methoxy groups -OCH3 is 1. The van der Waals surface area contributed by atoms with Gasteiger partial charge in [0.1, 0.15) is 22.7 Å². The summed E-state index contributed by atoms with van der Waals surface area (Å²) in [6.07, 6.45) is 3.79. The highest BCUT2D eigenvalue weighted by Crippen LogP contribution is 2.34. The molecule has 1 unspecified atom stereocenters. The van der Waals surface area contributed by atoms with Crippen molar-refractivity contribution in [3.63, 3.8) is 0 Å². The van der Waals surface area contributed by atoms with Crippen molar-refractivity contribution in [2.45, 2.75) is 26.4 Å². The van der Waals surface area contributed by atoms with Gasteiger partial charge in [0, 0.05) is 29.4 Å². The number of amides is 1. The molecule has 5 heterocycles. The minimum Gasteiger partial charge on any atom is -0.494 e. The Morgan fingerprint density at radius 3 is 2.80 bits per heavy atom. The molecule has 0 aliphatic carbocycles. The van der Waals surface area contributed by atoms with Gasteiger partial charge < -0.3 is 14.2 Å². The van der Waals surface area contributed by atoms with Crippen LogP contribution in [0, 0.1) is 13.8 Å². The first-order chi connectivity index (χ1) is 16.9. The smallest absolute Gasteiger partial charge is 0.259 e.